The fourth-order valence-corrected chi connectivity index (χ4v) is 2.24. The standard InChI is InChI=1S/C11H16N2O4/c1-2-6-4-11(6,10(16)17)13-9(15)8-3-7(14)5-12-8/h2,6-8,12,14H,1,3-5H2,(H,13,15)(H,16,17)/t6?,7-,8?,11?/m1/s1. The lowest BCUT2D eigenvalue weighted by molar-refractivity contribution is -0.143. The number of rotatable bonds is 4. The highest BCUT2D eigenvalue weighted by Crippen LogP contribution is 2.44. The number of aliphatic carboxylic acids is 1. The third-order valence-corrected chi connectivity index (χ3v) is 3.45. The summed E-state index contributed by atoms with van der Waals surface area (Å²) >= 11 is 0. The van der Waals surface area contributed by atoms with E-state index in [1.54, 1.807) is 6.08 Å². The highest BCUT2D eigenvalue weighted by Gasteiger charge is 2.60. The van der Waals surface area contributed by atoms with Gasteiger partial charge in [-0.1, -0.05) is 6.08 Å². The van der Waals surface area contributed by atoms with Gasteiger partial charge >= 0.3 is 5.97 Å². The maximum atomic E-state index is 11.8. The Hall–Kier alpha value is -1.40. The largest absolute Gasteiger partial charge is 0.479 e. The first kappa shape index (κ1) is 12.1. The van der Waals surface area contributed by atoms with Gasteiger partial charge in [0, 0.05) is 12.5 Å². The lowest BCUT2D eigenvalue weighted by atomic mass is 10.1. The fraction of sp³-hybridized carbons (Fsp3) is 0.636. The van der Waals surface area contributed by atoms with Gasteiger partial charge in [-0.25, -0.2) is 4.79 Å². The first-order valence-electron chi connectivity index (χ1n) is 5.59. The predicted molar refractivity (Wildman–Crippen MR) is 59.2 cm³/mol. The van der Waals surface area contributed by atoms with Gasteiger partial charge in [0.1, 0.15) is 5.54 Å². The first-order chi connectivity index (χ1) is 7.99. The molecule has 1 saturated carbocycles. The minimum Gasteiger partial charge on any atom is -0.479 e. The maximum absolute atomic E-state index is 11.8. The molecule has 0 aromatic heterocycles. The molecule has 0 radical (unpaired) electrons. The van der Waals surface area contributed by atoms with Gasteiger partial charge in [0.05, 0.1) is 12.1 Å². The van der Waals surface area contributed by atoms with Gasteiger partial charge in [0.2, 0.25) is 5.91 Å². The number of carboxylic acids is 1. The smallest absolute Gasteiger partial charge is 0.330 e. The quantitative estimate of drug-likeness (QED) is 0.465. The van der Waals surface area contributed by atoms with Crippen molar-refractivity contribution in [3.63, 3.8) is 0 Å². The molecule has 2 rings (SSSR count). The lowest BCUT2D eigenvalue weighted by Crippen LogP contribution is -2.51. The zero-order valence-corrected chi connectivity index (χ0v) is 9.35. The molecule has 1 saturated heterocycles. The van der Waals surface area contributed by atoms with E-state index < -0.39 is 23.7 Å². The molecular formula is C11H16N2O4. The highest BCUT2D eigenvalue weighted by molar-refractivity contribution is 5.92. The van der Waals surface area contributed by atoms with Gasteiger partial charge < -0.3 is 20.8 Å². The maximum Gasteiger partial charge on any atom is 0.330 e. The number of carboxylic acid groups (broad SMARTS) is 1. The van der Waals surface area contributed by atoms with Crippen molar-refractivity contribution in [1.82, 2.24) is 10.6 Å². The predicted octanol–water partition coefficient (Wildman–Crippen LogP) is -1.15. The molecule has 1 aliphatic heterocycles. The van der Waals surface area contributed by atoms with Crippen molar-refractivity contribution in [1.29, 1.82) is 0 Å². The zero-order chi connectivity index (χ0) is 12.6. The normalized spacial score (nSPS) is 39.7. The Morgan fingerprint density at radius 2 is 2.24 bits per heavy atom. The van der Waals surface area contributed by atoms with Crippen LogP contribution in [0.2, 0.25) is 0 Å². The van der Waals surface area contributed by atoms with Gasteiger partial charge in [0.25, 0.3) is 0 Å². The van der Waals surface area contributed by atoms with E-state index >= 15 is 0 Å². The summed E-state index contributed by atoms with van der Waals surface area (Å²) < 4.78 is 0. The summed E-state index contributed by atoms with van der Waals surface area (Å²) in [5, 5.41) is 23.8. The minimum atomic E-state index is -1.19. The van der Waals surface area contributed by atoms with E-state index in [9.17, 15) is 14.7 Å². The summed E-state index contributed by atoms with van der Waals surface area (Å²) in [5.74, 6) is -1.61. The molecule has 6 nitrogen and oxygen atoms in total. The Balaban J connectivity index is 1.98. The first-order valence-corrected chi connectivity index (χ1v) is 5.59. The van der Waals surface area contributed by atoms with Crippen LogP contribution in [0.5, 0.6) is 0 Å². The van der Waals surface area contributed by atoms with Crippen molar-refractivity contribution in [2.24, 2.45) is 5.92 Å². The molecule has 1 aliphatic carbocycles. The van der Waals surface area contributed by atoms with Crippen LogP contribution in [0, 0.1) is 5.92 Å². The van der Waals surface area contributed by atoms with Crippen LogP contribution in [0.15, 0.2) is 12.7 Å². The summed E-state index contributed by atoms with van der Waals surface area (Å²) in [6, 6.07) is -0.507. The van der Waals surface area contributed by atoms with Gasteiger partial charge in [0.15, 0.2) is 0 Å². The zero-order valence-electron chi connectivity index (χ0n) is 9.35. The molecule has 2 aliphatic rings. The molecule has 0 aromatic carbocycles. The number of carbonyl (C=O) groups excluding carboxylic acids is 1. The van der Waals surface area contributed by atoms with Crippen LogP contribution in [0.4, 0.5) is 0 Å². The topological polar surface area (TPSA) is 98.7 Å². The molecule has 1 amide bonds. The van der Waals surface area contributed by atoms with E-state index in [-0.39, 0.29) is 11.8 Å². The summed E-state index contributed by atoms with van der Waals surface area (Å²) in [5.41, 5.74) is -1.19. The number of nitrogens with one attached hydrogen (secondary N) is 2. The van der Waals surface area contributed by atoms with Gasteiger partial charge in [-0.3, -0.25) is 4.79 Å². The van der Waals surface area contributed by atoms with Crippen molar-refractivity contribution in [2.45, 2.75) is 30.5 Å². The number of aliphatic hydroxyl groups is 1. The van der Waals surface area contributed by atoms with Crippen LogP contribution in [0.25, 0.3) is 0 Å². The molecule has 3 unspecified atom stereocenters. The van der Waals surface area contributed by atoms with E-state index in [0.717, 1.165) is 0 Å². The third kappa shape index (κ3) is 2.05. The van der Waals surface area contributed by atoms with Crippen LogP contribution < -0.4 is 10.6 Å². The monoisotopic (exact) mass is 240 g/mol. The molecule has 1 heterocycles. The molecule has 4 atom stereocenters. The SMILES string of the molecule is C=CC1CC1(NC(=O)C1C[C@@H](O)CN1)C(=O)O. The van der Waals surface area contributed by atoms with Gasteiger partial charge in [-0.2, -0.15) is 0 Å². The summed E-state index contributed by atoms with van der Waals surface area (Å²) in [4.78, 5) is 23.0. The molecule has 6 heteroatoms. The second-order valence-electron chi connectivity index (χ2n) is 4.66. The van der Waals surface area contributed by atoms with Crippen LogP contribution in [0.1, 0.15) is 12.8 Å². The average Bonchev–Trinajstić information content (AvgIpc) is 2.82. The van der Waals surface area contributed by atoms with Crippen molar-refractivity contribution in [3.8, 4) is 0 Å². The Morgan fingerprint density at radius 3 is 2.65 bits per heavy atom. The average molecular weight is 240 g/mol. The summed E-state index contributed by atoms with van der Waals surface area (Å²) in [6.45, 7) is 3.91. The second kappa shape index (κ2) is 4.12. The molecule has 17 heavy (non-hydrogen) atoms. The Morgan fingerprint density at radius 1 is 1.53 bits per heavy atom. The van der Waals surface area contributed by atoms with E-state index in [1.165, 1.54) is 0 Å². The van der Waals surface area contributed by atoms with Crippen LogP contribution in [-0.2, 0) is 9.59 Å². The van der Waals surface area contributed by atoms with E-state index in [0.29, 0.717) is 19.4 Å². The highest BCUT2D eigenvalue weighted by atomic mass is 16.4. The van der Waals surface area contributed by atoms with Crippen molar-refractivity contribution in [3.05, 3.63) is 12.7 Å². The number of hydrogen-bond acceptors (Lipinski definition) is 4. The van der Waals surface area contributed by atoms with E-state index in [1.807, 2.05) is 0 Å². The van der Waals surface area contributed by atoms with Crippen molar-refractivity contribution >= 4 is 11.9 Å². The Kier molecular flexibility index (Phi) is 2.92. The van der Waals surface area contributed by atoms with E-state index in [2.05, 4.69) is 17.2 Å². The number of carbonyl (C=O) groups is 2. The number of aliphatic hydroxyl groups excluding tert-OH is 1. The fourth-order valence-electron chi connectivity index (χ4n) is 2.24. The minimum absolute atomic E-state index is 0.213. The molecular weight excluding hydrogens is 224 g/mol. The van der Waals surface area contributed by atoms with Crippen molar-refractivity contribution in [2.75, 3.05) is 6.54 Å². The molecule has 2 fully saturated rings. The van der Waals surface area contributed by atoms with Gasteiger partial charge in [-0.15, -0.1) is 6.58 Å². The number of hydrogen-bond donors (Lipinski definition) is 4. The number of β-amino-alcohol motifs (C(OH)–C–C–N with tert-alkyl or cyclic N) is 1. The van der Waals surface area contributed by atoms with Crippen LogP contribution >= 0.6 is 0 Å². The Labute approximate surface area is 98.7 Å². The molecule has 0 bridgehead atoms. The van der Waals surface area contributed by atoms with Gasteiger partial charge in [-0.05, 0) is 12.8 Å². The van der Waals surface area contributed by atoms with E-state index in [4.69, 9.17) is 5.11 Å². The number of amides is 1. The van der Waals surface area contributed by atoms with Crippen molar-refractivity contribution < 1.29 is 19.8 Å². The molecule has 0 aromatic rings. The summed E-state index contributed by atoms with van der Waals surface area (Å²) in [7, 11) is 0. The van der Waals surface area contributed by atoms with Crippen LogP contribution in [-0.4, -0.2) is 46.3 Å². The molecule has 0 spiro atoms. The third-order valence-electron chi connectivity index (χ3n) is 3.45. The molecule has 4 N–H and O–H groups in total. The summed E-state index contributed by atoms with van der Waals surface area (Å²) in [6.07, 6.45) is 1.71. The second-order valence-corrected chi connectivity index (χ2v) is 4.66. The lowest BCUT2D eigenvalue weighted by Gasteiger charge is -2.17. The Bertz CT molecular complexity index is 370. The van der Waals surface area contributed by atoms with Crippen LogP contribution in [0.3, 0.4) is 0 Å². The molecule has 94 valence electrons.